The zero-order valence-corrected chi connectivity index (χ0v) is 11.7. The first-order valence-electron chi connectivity index (χ1n) is 6.67. The van der Waals surface area contributed by atoms with E-state index in [4.69, 9.17) is 0 Å². The summed E-state index contributed by atoms with van der Waals surface area (Å²) >= 11 is 0. The molecular formula is C14H13F6NO2. The van der Waals surface area contributed by atoms with Gasteiger partial charge in [-0.1, -0.05) is 12.1 Å². The van der Waals surface area contributed by atoms with Crippen molar-refractivity contribution in [2.75, 3.05) is 19.7 Å². The van der Waals surface area contributed by atoms with Crippen LogP contribution >= 0.6 is 0 Å². The number of nitrogens with zero attached hydrogens (tertiary/aromatic N) is 1. The molecule has 1 heterocycles. The van der Waals surface area contributed by atoms with Crippen molar-refractivity contribution >= 4 is 5.91 Å². The van der Waals surface area contributed by atoms with E-state index in [2.05, 4.69) is 4.74 Å². The number of alkyl halides is 6. The molecule has 0 radical (unpaired) electrons. The molecule has 0 N–H and O–H groups in total. The van der Waals surface area contributed by atoms with Gasteiger partial charge in [0.25, 0.3) is 0 Å². The zero-order chi connectivity index (χ0) is 17.3. The van der Waals surface area contributed by atoms with Gasteiger partial charge in [-0.2, -0.15) is 26.3 Å². The minimum absolute atomic E-state index is 0.0511. The van der Waals surface area contributed by atoms with Crippen LogP contribution in [0.15, 0.2) is 24.3 Å². The number of carbonyl (C=O) groups is 1. The second-order valence-electron chi connectivity index (χ2n) is 5.22. The van der Waals surface area contributed by atoms with Gasteiger partial charge in [0.1, 0.15) is 6.61 Å². The summed E-state index contributed by atoms with van der Waals surface area (Å²) in [6.45, 7) is -1.26. The van der Waals surface area contributed by atoms with Crippen molar-refractivity contribution in [3.8, 4) is 0 Å². The quantitative estimate of drug-likeness (QED) is 0.788. The Labute approximate surface area is 127 Å². The van der Waals surface area contributed by atoms with Crippen molar-refractivity contribution < 1.29 is 35.9 Å². The molecule has 0 spiro atoms. The molecule has 2 rings (SSSR count). The Bertz CT molecular complexity index is 546. The molecule has 1 fully saturated rings. The summed E-state index contributed by atoms with van der Waals surface area (Å²) in [7, 11) is 0. The van der Waals surface area contributed by atoms with Crippen LogP contribution < -0.4 is 0 Å². The summed E-state index contributed by atoms with van der Waals surface area (Å²) in [5.41, 5.74) is -0.402. The van der Waals surface area contributed by atoms with E-state index in [1.54, 1.807) is 0 Å². The van der Waals surface area contributed by atoms with Crippen LogP contribution in [0.4, 0.5) is 26.3 Å². The molecule has 0 bridgehead atoms. The molecular weight excluding hydrogens is 328 g/mol. The van der Waals surface area contributed by atoms with E-state index in [1.165, 1.54) is 17.0 Å². The average molecular weight is 341 g/mol. The van der Waals surface area contributed by atoms with Crippen LogP contribution in [0.3, 0.4) is 0 Å². The van der Waals surface area contributed by atoms with Crippen molar-refractivity contribution in [3.05, 3.63) is 35.4 Å². The number of benzene rings is 1. The lowest BCUT2D eigenvalue weighted by Crippen LogP contribution is -2.55. The van der Waals surface area contributed by atoms with Gasteiger partial charge in [-0.3, -0.25) is 4.79 Å². The third-order valence-electron chi connectivity index (χ3n) is 3.32. The summed E-state index contributed by atoms with van der Waals surface area (Å²) in [6.07, 6.45) is -9.62. The van der Waals surface area contributed by atoms with E-state index in [0.717, 1.165) is 12.1 Å². The van der Waals surface area contributed by atoms with Crippen molar-refractivity contribution in [1.82, 2.24) is 4.90 Å². The molecule has 0 saturated carbocycles. The molecule has 1 aliphatic heterocycles. The Hall–Kier alpha value is -1.77. The average Bonchev–Trinajstić information content (AvgIpc) is 2.34. The number of amides is 1. The van der Waals surface area contributed by atoms with Crippen LogP contribution in [-0.2, 0) is 22.1 Å². The van der Waals surface area contributed by atoms with Crippen molar-refractivity contribution in [2.45, 2.75) is 24.9 Å². The number of ether oxygens (including phenoxy) is 1. The van der Waals surface area contributed by atoms with Crippen LogP contribution in [-0.4, -0.2) is 42.8 Å². The first-order chi connectivity index (χ1) is 10.5. The summed E-state index contributed by atoms with van der Waals surface area (Å²) in [5, 5.41) is 0. The lowest BCUT2D eigenvalue weighted by atomic mass is 10.1. The van der Waals surface area contributed by atoms with Gasteiger partial charge in [0.15, 0.2) is 0 Å². The van der Waals surface area contributed by atoms with E-state index >= 15 is 0 Å². The Morgan fingerprint density at radius 2 is 1.65 bits per heavy atom. The largest absolute Gasteiger partial charge is 0.416 e. The van der Waals surface area contributed by atoms with Gasteiger partial charge in [-0.15, -0.1) is 0 Å². The molecule has 0 atom stereocenters. The molecule has 3 nitrogen and oxygen atoms in total. The number of hydrogen-bond donors (Lipinski definition) is 0. The number of rotatable bonds is 4. The Morgan fingerprint density at radius 3 is 2.13 bits per heavy atom. The molecule has 0 aromatic heterocycles. The van der Waals surface area contributed by atoms with Gasteiger partial charge in [-0.25, -0.2) is 0 Å². The maximum Gasteiger partial charge on any atom is 0.416 e. The van der Waals surface area contributed by atoms with E-state index in [-0.39, 0.29) is 25.4 Å². The lowest BCUT2D eigenvalue weighted by molar-refractivity contribution is -0.199. The van der Waals surface area contributed by atoms with Crippen LogP contribution in [0.1, 0.15) is 11.1 Å². The first-order valence-corrected chi connectivity index (χ1v) is 6.67. The summed E-state index contributed by atoms with van der Waals surface area (Å²) in [6, 6.07) is 4.18. The summed E-state index contributed by atoms with van der Waals surface area (Å²) in [4.78, 5) is 13.2. The third kappa shape index (κ3) is 5.12. The van der Waals surface area contributed by atoms with Crippen LogP contribution in [0.5, 0.6) is 0 Å². The standard InChI is InChI=1S/C14H13F6NO2/c15-13(16,17)8-23-11-6-21(7-11)12(22)5-9-1-3-10(4-2-9)14(18,19)20/h1-4,11H,5-8H2. The predicted octanol–water partition coefficient (Wildman–Crippen LogP) is 3.04. The van der Waals surface area contributed by atoms with E-state index in [0.29, 0.717) is 5.56 Å². The van der Waals surface area contributed by atoms with Gasteiger partial charge in [0.2, 0.25) is 5.91 Å². The Morgan fingerprint density at radius 1 is 1.09 bits per heavy atom. The SMILES string of the molecule is O=C(Cc1ccc(C(F)(F)F)cc1)N1CC(OCC(F)(F)F)C1. The monoisotopic (exact) mass is 341 g/mol. The number of likely N-dealkylation sites (tertiary alicyclic amines) is 1. The normalized spacial score (nSPS) is 16.3. The Kier molecular flexibility index (Phi) is 4.88. The Balaban J connectivity index is 1.78. The number of carbonyl (C=O) groups excluding carboxylic acids is 1. The third-order valence-corrected chi connectivity index (χ3v) is 3.32. The van der Waals surface area contributed by atoms with Gasteiger partial charge in [-0.05, 0) is 17.7 Å². The lowest BCUT2D eigenvalue weighted by Gasteiger charge is -2.39. The van der Waals surface area contributed by atoms with Crippen LogP contribution in [0.2, 0.25) is 0 Å². The highest BCUT2D eigenvalue weighted by Crippen LogP contribution is 2.29. The fourth-order valence-corrected chi connectivity index (χ4v) is 2.06. The molecule has 1 saturated heterocycles. The molecule has 0 aliphatic carbocycles. The van der Waals surface area contributed by atoms with Gasteiger partial charge < -0.3 is 9.64 Å². The van der Waals surface area contributed by atoms with Crippen LogP contribution in [0.25, 0.3) is 0 Å². The van der Waals surface area contributed by atoms with Crippen molar-refractivity contribution in [3.63, 3.8) is 0 Å². The minimum Gasteiger partial charge on any atom is -0.365 e. The second kappa shape index (κ2) is 6.38. The molecule has 128 valence electrons. The smallest absolute Gasteiger partial charge is 0.365 e. The van der Waals surface area contributed by atoms with Crippen molar-refractivity contribution in [2.24, 2.45) is 0 Å². The molecule has 1 aromatic carbocycles. The minimum atomic E-state index is -4.44. The van der Waals surface area contributed by atoms with Crippen LogP contribution in [0, 0.1) is 0 Å². The summed E-state index contributed by atoms with van der Waals surface area (Å²) < 4.78 is 77.6. The maximum atomic E-state index is 12.4. The van der Waals surface area contributed by atoms with Gasteiger partial charge in [0.05, 0.1) is 18.1 Å². The molecule has 1 aromatic rings. The number of halogens is 6. The van der Waals surface area contributed by atoms with E-state index < -0.39 is 30.6 Å². The highest BCUT2D eigenvalue weighted by atomic mass is 19.4. The molecule has 1 aliphatic rings. The fraction of sp³-hybridized carbons (Fsp3) is 0.500. The summed E-state index contributed by atoms with van der Waals surface area (Å²) in [5.74, 6) is -0.364. The fourth-order valence-electron chi connectivity index (χ4n) is 2.06. The maximum absolute atomic E-state index is 12.4. The molecule has 1 amide bonds. The van der Waals surface area contributed by atoms with Gasteiger partial charge >= 0.3 is 12.4 Å². The highest BCUT2D eigenvalue weighted by molar-refractivity contribution is 5.79. The number of hydrogen-bond acceptors (Lipinski definition) is 2. The predicted molar refractivity (Wildman–Crippen MR) is 67.5 cm³/mol. The van der Waals surface area contributed by atoms with E-state index in [1.807, 2.05) is 0 Å². The molecule has 23 heavy (non-hydrogen) atoms. The molecule has 9 heteroatoms. The van der Waals surface area contributed by atoms with Gasteiger partial charge in [0, 0.05) is 13.1 Å². The zero-order valence-electron chi connectivity index (χ0n) is 11.7. The molecule has 0 unspecified atom stereocenters. The topological polar surface area (TPSA) is 29.5 Å². The highest BCUT2D eigenvalue weighted by Gasteiger charge is 2.36. The first kappa shape index (κ1) is 17.6. The van der Waals surface area contributed by atoms with Crippen molar-refractivity contribution in [1.29, 1.82) is 0 Å². The second-order valence-corrected chi connectivity index (χ2v) is 5.22. The van der Waals surface area contributed by atoms with E-state index in [9.17, 15) is 31.1 Å².